The predicted molar refractivity (Wildman–Crippen MR) is 55.2 cm³/mol. The lowest BCUT2D eigenvalue weighted by molar-refractivity contribution is 1.36. The van der Waals surface area contributed by atoms with Crippen molar-refractivity contribution < 1.29 is 0 Å². The topological polar surface area (TPSA) is 23.8 Å². The molecule has 13 heavy (non-hydrogen) atoms. The third-order valence-electron chi connectivity index (χ3n) is 2.09. The minimum absolute atomic E-state index is 0.751. The fourth-order valence-electron chi connectivity index (χ4n) is 1.31. The van der Waals surface area contributed by atoms with Gasteiger partial charge in [-0.3, -0.25) is 0 Å². The molecule has 0 aliphatic rings. The molecule has 0 bridgehead atoms. The van der Waals surface area contributed by atoms with Crippen LogP contribution in [0.2, 0.25) is 0 Å². The maximum Gasteiger partial charge on any atom is 0.0994 e. The Balaban J connectivity index is 3.30. The second-order valence-corrected chi connectivity index (χ2v) is 3.13. The molecule has 0 heterocycles. The van der Waals surface area contributed by atoms with Crippen LogP contribution in [0.25, 0.3) is 5.57 Å². The maximum absolute atomic E-state index is 8.88. The minimum atomic E-state index is 0.751. The lowest BCUT2D eigenvalue weighted by Gasteiger charge is -2.04. The fraction of sp³-hybridized carbons (Fsp3) is 0.250. The molecule has 1 rings (SSSR count). The van der Waals surface area contributed by atoms with Crippen molar-refractivity contribution in [3.63, 3.8) is 0 Å². The van der Waals surface area contributed by atoms with Crippen LogP contribution in [0.5, 0.6) is 0 Å². The molecule has 0 aromatic heterocycles. The molecule has 1 heteroatoms. The summed E-state index contributed by atoms with van der Waals surface area (Å²) < 4.78 is 0. The van der Waals surface area contributed by atoms with Crippen LogP contribution in [-0.2, 0) is 0 Å². The Morgan fingerprint density at radius 1 is 1.38 bits per heavy atom. The summed E-state index contributed by atoms with van der Waals surface area (Å²) in [6.45, 7) is 5.95. The zero-order valence-corrected chi connectivity index (χ0v) is 8.26. The summed E-state index contributed by atoms with van der Waals surface area (Å²) in [6, 6.07) is 8.35. The summed E-state index contributed by atoms with van der Waals surface area (Å²) >= 11 is 0. The number of nitriles is 1. The van der Waals surface area contributed by atoms with Crippen LogP contribution in [-0.4, -0.2) is 0 Å². The van der Waals surface area contributed by atoms with E-state index < -0.39 is 0 Å². The fourth-order valence-corrected chi connectivity index (χ4v) is 1.31. The number of allylic oxidation sites excluding steroid dienone is 2. The van der Waals surface area contributed by atoms with Gasteiger partial charge in [0.05, 0.1) is 11.6 Å². The molecule has 0 radical (unpaired) electrons. The molecule has 0 aliphatic carbocycles. The van der Waals surface area contributed by atoms with E-state index in [1.165, 1.54) is 5.56 Å². The van der Waals surface area contributed by atoms with Crippen molar-refractivity contribution in [2.45, 2.75) is 20.8 Å². The summed E-state index contributed by atoms with van der Waals surface area (Å²) in [5.74, 6) is 0. The summed E-state index contributed by atoms with van der Waals surface area (Å²) in [6.07, 6.45) is 1.85. The van der Waals surface area contributed by atoms with Crippen LogP contribution >= 0.6 is 0 Å². The Kier molecular flexibility index (Phi) is 2.87. The zero-order valence-electron chi connectivity index (χ0n) is 8.26. The van der Waals surface area contributed by atoms with Crippen LogP contribution in [0.1, 0.15) is 23.6 Å². The lowest BCUT2D eigenvalue weighted by Crippen LogP contribution is -1.87. The molecule has 66 valence electrons. The SMILES string of the molecule is C/C=C(\C#N)c1cc(C)ccc1C. The molecule has 0 saturated carbocycles. The monoisotopic (exact) mass is 171 g/mol. The van der Waals surface area contributed by atoms with Gasteiger partial charge in [0.2, 0.25) is 0 Å². The second kappa shape index (κ2) is 3.91. The van der Waals surface area contributed by atoms with Gasteiger partial charge < -0.3 is 0 Å². The number of rotatable bonds is 1. The first-order valence-electron chi connectivity index (χ1n) is 4.33. The van der Waals surface area contributed by atoms with Crippen molar-refractivity contribution in [1.82, 2.24) is 0 Å². The molecule has 0 spiro atoms. The number of aryl methyl sites for hydroxylation is 2. The van der Waals surface area contributed by atoms with E-state index in [1.807, 2.05) is 39.0 Å². The first-order valence-corrected chi connectivity index (χ1v) is 4.33. The molecule has 1 aromatic rings. The van der Waals surface area contributed by atoms with E-state index in [9.17, 15) is 0 Å². The lowest BCUT2D eigenvalue weighted by atomic mass is 9.99. The third-order valence-corrected chi connectivity index (χ3v) is 2.09. The smallest absolute Gasteiger partial charge is 0.0994 e. The standard InChI is InChI=1S/C12H13N/c1-4-11(8-13)12-7-9(2)5-6-10(12)3/h4-7H,1-3H3/b11-4+. The third kappa shape index (κ3) is 1.97. The maximum atomic E-state index is 8.88. The zero-order chi connectivity index (χ0) is 9.84. The summed E-state index contributed by atoms with van der Waals surface area (Å²) in [4.78, 5) is 0. The van der Waals surface area contributed by atoms with E-state index in [-0.39, 0.29) is 0 Å². The van der Waals surface area contributed by atoms with Crippen molar-refractivity contribution in [1.29, 1.82) is 5.26 Å². The van der Waals surface area contributed by atoms with E-state index in [2.05, 4.69) is 12.1 Å². The number of hydrogen-bond donors (Lipinski definition) is 0. The Hall–Kier alpha value is -1.55. The van der Waals surface area contributed by atoms with Crippen LogP contribution in [0.3, 0.4) is 0 Å². The molecule has 0 fully saturated rings. The average Bonchev–Trinajstić information content (AvgIpc) is 2.13. The van der Waals surface area contributed by atoms with Crippen molar-refractivity contribution in [3.05, 3.63) is 41.0 Å². The highest BCUT2D eigenvalue weighted by Gasteiger charge is 2.02. The molecule has 1 nitrogen and oxygen atoms in total. The van der Waals surface area contributed by atoms with Crippen LogP contribution in [0.15, 0.2) is 24.3 Å². The van der Waals surface area contributed by atoms with Gasteiger partial charge in [-0.1, -0.05) is 29.8 Å². The highest BCUT2D eigenvalue weighted by molar-refractivity contribution is 5.78. The highest BCUT2D eigenvalue weighted by Crippen LogP contribution is 2.19. The highest BCUT2D eigenvalue weighted by atomic mass is 14.2. The van der Waals surface area contributed by atoms with Crippen LogP contribution in [0, 0.1) is 25.2 Å². The summed E-state index contributed by atoms with van der Waals surface area (Å²) in [7, 11) is 0. The van der Waals surface area contributed by atoms with E-state index in [0.717, 1.165) is 16.7 Å². The summed E-state index contributed by atoms with van der Waals surface area (Å²) in [5, 5.41) is 8.88. The Bertz CT molecular complexity index is 381. The largest absolute Gasteiger partial charge is 0.192 e. The average molecular weight is 171 g/mol. The van der Waals surface area contributed by atoms with Crippen molar-refractivity contribution in [2.75, 3.05) is 0 Å². The van der Waals surface area contributed by atoms with E-state index >= 15 is 0 Å². The van der Waals surface area contributed by atoms with E-state index in [1.54, 1.807) is 0 Å². The molecule has 1 aromatic carbocycles. The Morgan fingerprint density at radius 3 is 2.62 bits per heavy atom. The van der Waals surface area contributed by atoms with Gasteiger partial charge in [-0.25, -0.2) is 0 Å². The number of hydrogen-bond acceptors (Lipinski definition) is 1. The quantitative estimate of drug-likeness (QED) is 0.595. The van der Waals surface area contributed by atoms with Gasteiger partial charge in [-0.15, -0.1) is 0 Å². The second-order valence-electron chi connectivity index (χ2n) is 3.13. The van der Waals surface area contributed by atoms with Gasteiger partial charge in [-0.05, 0) is 31.9 Å². The molecule has 0 unspecified atom stereocenters. The van der Waals surface area contributed by atoms with Gasteiger partial charge in [0.1, 0.15) is 0 Å². The van der Waals surface area contributed by atoms with E-state index in [4.69, 9.17) is 5.26 Å². The molecule has 0 N–H and O–H groups in total. The number of benzene rings is 1. The Morgan fingerprint density at radius 2 is 2.08 bits per heavy atom. The van der Waals surface area contributed by atoms with Crippen molar-refractivity contribution in [2.24, 2.45) is 0 Å². The Labute approximate surface area is 79.3 Å². The molecule has 0 amide bonds. The molecule has 0 saturated heterocycles. The van der Waals surface area contributed by atoms with Gasteiger partial charge in [0, 0.05) is 0 Å². The molecule has 0 aliphatic heterocycles. The van der Waals surface area contributed by atoms with Crippen molar-refractivity contribution in [3.8, 4) is 6.07 Å². The molecular formula is C12H13N. The normalized spacial score (nSPS) is 11.1. The predicted octanol–water partition coefficient (Wildman–Crippen LogP) is 3.23. The van der Waals surface area contributed by atoms with E-state index in [0.29, 0.717) is 0 Å². The minimum Gasteiger partial charge on any atom is -0.192 e. The van der Waals surface area contributed by atoms with Gasteiger partial charge >= 0.3 is 0 Å². The number of nitrogens with zero attached hydrogens (tertiary/aromatic N) is 1. The summed E-state index contributed by atoms with van der Waals surface area (Å²) in [5.41, 5.74) is 4.14. The van der Waals surface area contributed by atoms with Crippen LogP contribution in [0.4, 0.5) is 0 Å². The van der Waals surface area contributed by atoms with Crippen LogP contribution < -0.4 is 0 Å². The molecule has 0 atom stereocenters. The van der Waals surface area contributed by atoms with Crippen molar-refractivity contribution >= 4 is 5.57 Å². The van der Waals surface area contributed by atoms with Gasteiger partial charge in [0.25, 0.3) is 0 Å². The van der Waals surface area contributed by atoms with Gasteiger partial charge in [0.15, 0.2) is 0 Å². The first-order chi connectivity index (χ1) is 6.19. The van der Waals surface area contributed by atoms with Gasteiger partial charge in [-0.2, -0.15) is 5.26 Å². The molecular weight excluding hydrogens is 158 g/mol. The first kappa shape index (κ1) is 9.54.